The molecule has 0 unspecified atom stereocenters. The predicted octanol–water partition coefficient (Wildman–Crippen LogP) is 3.92. The number of fused-ring (bicyclic) bond motifs is 1. The Morgan fingerprint density at radius 2 is 1.80 bits per heavy atom. The van der Waals surface area contributed by atoms with E-state index in [1.165, 1.54) is 24.0 Å². The van der Waals surface area contributed by atoms with Gasteiger partial charge in [-0.2, -0.15) is 0 Å². The molecule has 0 saturated carbocycles. The van der Waals surface area contributed by atoms with Crippen LogP contribution in [-0.4, -0.2) is 54.3 Å². The number of para-hydroxylation sites is 1. The second-order valence-corrected chi connectivity index (χ2v) is 10.0. The van der Waals surface area contributed by atoms with E-state index in [1.807, 2.05) is 13.8 Å². The van der Waals surface area contributed by atoms with Crippen LogP contribution in [0, 0.1) is 5.92 Å². The third kappa shape index (κ3) is 4.76. The maximum absolute atomic E-state index is 13.5. The highest BCUT2D eigenvalue weighted by molar-refractivity contribution is 8.26. The SMILES string of the molecule is COc1ccc(NC(=O)CN2C(=O)/C(=C3/SC(=S)N(CC(C)C)C3=O)c3ccccc32)c(OC)c1. The Hall–Kier alpha value is -3.37. The van der Waals surface area contributed by atoms with Gasteiger partial charge in [-0.25, -0.2) is 0 Å². The van der Waals surface area contributed by atoms with Crippen molar-refractivity contribution in [3.8, 4) is 11.5 Å². The number of thiocarbonyl (C=S) groups is 1. The van der Waals surface area contributed by atoms with Gasteiger partial charge >= 0.3 is 0 Å². The van der Waals surface area contributed by atoms with Crippen LogP contribution in [0.3, 0.4) is 0 Å². The number of anilines is 2. The molecule has 0 aliphatic carbocycles. The number of nitrogens with zero attached hydrogens (tertiary/aromatic N) is 2. The number of carbonyl (C=O) groups is 3. The topological polar surface area (TPSA) is 88.2 Å². The monoisotopic (exact) mass is 511 g/mol. The molecular weight excluding hydrogens is 486 g/mol. The summed E-state index contributed by atoms with van der Waals surface area (Å²) in [7, 11) is 3.03. The van der Waals surface area contributed by atoms with Crippen LogP contribution in [0.1, 0.15) is 19.4 Å². The molecule has 3 amide bonds. The fourth-order valence-corrected chi connectivity index (χ4v) is 5.31. The minimum Gasteiger partial charge on any atom is -0.497 e. The predicted molar refractivity (Wildman–Crippen MR) is 141 cm³/mol. The first-order chi connectivity index (χ1) is 16.7. The molecule has 2 aliphatic rings. The number of carbonyl (C=O) groups excluding carboxylic acids is 3. The second kappa shape index (κ2) is 10.1. The Bertz CT molecular complexity index is 1260. The zero-order valence-corrected chi connectivity index (χ0v) is 21.4. The first-order valence-electron chi connectivity index (χ1n) is 11.0. The summed E-state index contributed by atoms with van der Waals surface area (Å²) in [6, 6.07) is 12.1. The zero-order valence-electron chi connectivity index (χ0n) is 19.8. The molecule has 4 rings (SSSR count). The minimum atomic E-state index is -0.412. The van der Waals surface area contributed by atoms with Gasteiger partial charge in [0.05, 0.1) is 36.1 Å². The lowest BCUT2D eigenvalue weighted by Gasteiger charge is -2.18. The summed E-state index contributed by atoms with van der Waals surface area (Å²) in [5.74, 6) is 0.145. The summed E-state index contributed by atoms with van der Waals surface area (Å²) < 4.78 is 11.0. The summed E-state index contributed by atoms with van der Waals surface area (Å²) in [4.78, 5) is 42.9. The highest BCUT2D eigenvalue weighted by atomic mass is 32.2. The minimum absolute atomic E-state index is 0.226. The standard InChI is InChI=1S/C25H25N3O5S2/c1-14(2)12-28-24(31)22(35-25(28)34)21-16-7-5-6-8-18(16)27(23(21)30)13-20(29)26-17-10-9-15(32-3)11-19(17)33-4/h5-11,14H,12-13H2,1-4H3,(H,26,29)/b22-21+. The molecule has 1 saturated heterocycles. The van der Waals surface area contributed by atoms with Gasteiger partial charge in [0.25, 0.3) is 11.8 Å². The second-order valence-electron chi connectivity index (χ2n) is 8.40. The first kappa shape index (κ1) is 24.7. The number of amides is 3. The highest BCUT2D eigenvalue weighted by Crippen LogP contribution is 2.44. The number of rotatable bonds is 7. The number of nitrogens with one attached hydrogen (secondary N) is 1. The number of benzene rings is 2. The molecule has 35 heavy (non-hydrogen) atoms. The van der Waals surface area contributed by atoms with E-state index < -0.39 is 11.8 Å². The normalized spacial score (nSPS) is 17.3. The molecule has 0 spiro atoms. The summed E-state index contributed by atoms with van der Waals surface area (Å²) >= 11 is 6.56. The average molecular weight is 512 g/mol. The molecule has 0 aromatic heterocycles. The first-order valence-corrected chi connectivity index (χ1v) is 12.2. The van der Waals surface area contributed by atoms with E-state index in [1.54, 1.807) is 42.5 Å². The quantitative estimate of drug-likeness (QED) is 0.445. The van der Waals surface area contributed by atoms with Gasteiger partial charge in [-0.1, -0.05) is 56.0 Å². The van der Waals surface area contributed by atoms with Gasteiger partial charge < -0.3 is 14.8 Å². The molecule has 2 aromatic rings. The fraction of sp³-hybridized carbons (Fsp3) is 0.280. The van der Waals surface area contributed by atoms with Crippen LogP contribution in [0.15, 0.2) is 47.4 Å². The highest BCUT2D eigenvalue weighted by Gasteiger charge is 2.42. The van der Waals surface area contributed by atoms with Crippen molar-refractivity contribution < 1.29 is 23.9 Å². The molecule has 2 aliphatic heterocycles. The van der Waals surface area contributed by atoms with Crippen LogP contribution in [0.4, 0.5) is 11.4 Å². The van der Waals surface area contributed by atoms with Gasteiger partial charge in [0.15, 0.2) is 0 Å². The lowest BCUT2D eigenvalue weighted by atomic mass is 10.1. The third-order valence-electron chi connectivity index (χ3n) is 5.53. The van der Waals surface area contributed by atoms with E-state index in [0.717, 1.165) is 11.8 Å². The van der Waals surface area contributed by atoms with Gasteiger partial charge in [0.2, 0.25) is 5.91 Å². The summed E-state index contributed by atoms with van der Waals surface area (Å²) in [5, 5.41) is 2.79. The van der Waals surface area contributed by atoms with Crippen LogP contribution in [-0.2, 0) is 14.4 Å². The van der Waals surface area contributed by atoms with Gasteiger partial charge in [-0.15, -0.1) is 0 Å². The molecule has 0 bridgehead atoms. The van der Waals surface area contributed by atoms with Gasteiger partial charge in [0.1, 0.15) is 22.4 Å². The maximum Gasteiger partial charge on any atom is 0.267 e. The van der Waals surface area contributed by atoms with Crippen molar-refractivity contribution in [1.29, 1.82) is 0 Å². The van der Waals surface area contributed by atoms with Gasteiger partial charge in [0, 0.05) is 18.2 Å². The van der Waals surface area contributed by atoms with Gasteiger partial charge in [-0.05, 0) is 24.1 Å². The maximum atomic E-state index is 13.5. The Labute approximate surface area is 213 Å². The molecule has 1 fully saturated rings. The number of methoxy groups -OCH3 is 2. The van der Waals surface area contributed by atoms with E-state index >= 15 is 0 Å². The Balaban J connectivity index is 1.62. The summed E-state index contributed by atoms with van der Waals surface area (Å²) in [6.07, 6.45) is 0. The third-order valence-corrected chi connectivity index (χ3v) is 6.98. The lowest BCUT2D eigenvalue weighted by molar-refractivity contribution is -0.122. The Kier molecular flexibility index (Phi) is 7.13. The van der Waals surface area contributed by atoms with Crippen molar-refractivity contribution in [2.75, 3.05) is 37.5 Å². The largest absolute Gasteiger partial charge is 0.497 e. The van der Waals surface area contributed by atoms with Crippen LogP contribution < -0.4 is 19.7 Å². The number of thioether (sulfide) groups is 1. The van der Waals surface area contributed by atoms with Crippen LogP contribution in [0.25, 0.3) is 5.57 Å². The molecule has 182 valence electrons. The molecule has 10 heteroatoms. The van der Waals surface area contributed by atoms with Crippen molar-refractivity contribution in [3.05, 3.63) is 52.9 Å². The van der Waals surface area contributed by atoms with E-state index in [4.69, 9.17) is 21.7 Å². The number of hydrogen-bond acceptors (Lipinski definition) is 7. The van der Waals surface area contributed by atoms with E-state index in [9.17, 15) is 14.4 Å². The molecule has 2 heterocycles. The number of hydrogen-bond donors (Lipinski definition) is 1. The molecule has 1 N–H and O–H groups in total. The smallest absolute Gasteiger partial charge is 0.267 e. The van der Waals surface area contributed by atoms with Gasteiger partial charge in [-0.3, -0.25) is 24.2 Å². The Morgan fingerprint density at radius 1 is 1.06 bits per heavy atom. The van der Waals surface area contributed by atoms with Crippen molar-refractivity contribution >= 4 is 63.0 Å². The van der Waals surface area contributed by atoms with Crippen molar-refractivity contribution in [2.24, 2.45) is 5.92 Å². The van der Waals surface area contributed by atoms with E-state index in [-0.39, 0.29) is 23.9 Å². The van der Waals surface area contributed by atoms with E-state index in [2.05, 4.69) is 5.32 Å². The summed E-state index contributed by atoms with van der Waals surface area (Å²) in [6.45, 7) is 4.24. The molecule has 2 aromatic carbocycles. The van der Waals surface area contributed by atoms with Crippen molar-refractivity contribution in [1.82, 2.24) is 4.90 Å². The lowest BCUT2D eigenvalue weighted by Crippen LogP contribution is -2.36. The molecule has 0 atom stereocenters. The fourth-order valence-electron chi connectivity index (χ4n) is 3.96. The molecular formula is C25H25N3O5S2. The Morgan fingerprint density at radius 3 is 2.49 bits per heavy atom. The van der Waals surface area contributed by atoms with Crippen molar-refractivity contribution in [3.63, 3.8) is 0 Å². The average Bonchev–Trinajstić information content (AvgIpc) is 3.26. The zero-order chi connectivity index (χ0) is 25.3. The van der Waals surface area contributed by atoms with Crippen molar-refractivity contribution in [2.45, 2.75) is 13.8 Å². The van der Waals surface area contributed by atoms with Crippen LogP contribution >= 0.6 is 24.0 Å². The van der Waals surface area contributed by atoms with Crippen LogP contribution in [0.5, 0.6) is 11.5 Å². The van der Waals surface area contributed by atoms with Crippen LogP contribution in [0.2, 0.25) is 0 Å². The number of ether oxygens (including phenoxy) is 2. The summed E-state index contributed by atoms with van der Waals surface area (Å²) in [5.41, 5.74) is 1.91. The van der Waals surface area contributed by atoms with E-state index in [0.29, 0.717) is 44.2 Å². The molecule has 0 radical (unpaired) electrons. The molecule has 8 nitrogen and oxygen atoms in total.